The van der Waals surface area contributed by atoms with E-state index < -0.39 is 9.84 Å². The highest BCUT2D eigenvalue weighted by Gasteiger charge is 2.19. The number of sulfone groups is 1. The van der Waals surface area contributed by atoms with Crippen molar-refractivity contribution in [2.45, 2.75) is 30.8 Å². The minimum Gasteiger partial charge on any atom is -0.489 e. The van der Waals surface area contributed by atoms with E-state index >= 15 is 0 Å². The maximum atomic E-state index is 12.5. The van der Waals surface area contributed by atoms with E-state index in [1.807, 2.05) is 13.0 Å². The Bertz CT molecular complexity index is 911. The SMILES string of the molecule is Cc1cc(OC2CCNCC2)c(-c2ccc(S(C)(=O)=O)cc2)c(=O)[nH]1. The smallest absolute Gasteiger partial charge is 0.259 e. The molecule has 7 heteroatoms. The second-order valence-electron chi connectivity index (χ2n) is 6.38. The van der Waals surface area contributed by atoms with Crippen LogP contribution in [0.15, 0.2) is 40.0 Å². The van der Waals surface area contributed by atoms with Crippen LogP contribution in [0.4, 0.5) is 0 Å². The lowest BCUT2D eigenvalue weighted by Gasteiger charge is -2.25. The summed E-state index contributed by atoms with van der Waals surface area (Å²) in [7, 11) is -3.28. The Hall–Kier alpha value is -2.12. The predicted molar refractivity (Wildman–Crippen MR) is 96.9 cm³/mol. The van der Waals surface area contributed by atoms with Gasteiger partial charge in [0.25, 0.3) is 5.56 Å². The van der Waals surface area contributed by atoms with Gasteiger partial charge in [-0.2, -0.15) is 0 Å². The number of aromatic nitrogens is 1. The van der Waals surface area contributed by atoms with Gasteiger partial charge in [-0.1, -0.05) is 12.1 Å². The van der Waals surface area contributed by atoms with Crippen LogP contribution in [0.25, 0.3) is 11.1 Å². The summed E-state index contributed by atoms with van der Waals surface area (Å²) in [5.74, 6) is 0.542. The van der Waals surface area contributed by atoms with Gasteiger partial charge in [-0.15, -0.1) is 0 Å². The van der Waals surface area contributed by atoms with Crippen molar-refractivity contribution in [2.24, 2.45) is 0 Å². The molecular weight excluding hydrogens is 340 g/mol. The number of aryl methyl sites for hydroxylation is 1. The van der Waals surface area contributed by atoms with Crippen molar-refractivity contribution in [2.75, 3.05) is 19.3 Å². The van der Waals surface area contributed by atoms with Gasteiger partial charge in [0.15, 0.2) is 9.84 Å². The normalized spacial score (nSPS) is 15.9. The Labute approximate surface area is 147 Å². The van der Waals surface area contributed by atoms with Crippen molar-refractivity contribution < 1.29 is 13.2 Å². The van der Waals surface area contributed by atoms with E-state index in [1.165, 1.54) is 12.1 Å². The minimum atomic E-state index is -3.28. The quantitative estimate of drug-likeness (QED) is 0.867. The number of piperidine rings is 1. The molecule has 0 spiro atoms. The van der Waals surface area contributed by atoms with Crippen LogP contribution in [0, 0.1) is 6.92 Å². The fraction of sp³-hybridized carbons (Fsp3) is 0.389. The molecule has 6 nitrogen and oxygen atoms in total. The topological polar surface area (TPSA) is 88.3 Å². The molecule has 0 amide bonds. The van der Waals surface area contributed by atoms with E-state index in [0.717, 1.165) is 37.9 Å². The first-order chi connectivity index (χ1) is 11.8. The molecule has 2 N–H and O–H groups in total. The van der Waals surface area contributed by atoms with Crippen LogP contribution in [0.5, 0.6) is 5.75 Å². The molecule has 25 heavy (non-hydrogen) atoms. The largest absolute Gasteiger partial charge is 0.489 e. The molecule has 1 aliphatic rings. The number of H-pyrrole nitrogens is 1. The average molecular weight is 362 g/mol. The number of hydrogen-bond donors (Lipinski definition) is 2. The molecule has 0 radical (unpaired) electrons. The number of hydrogen-bond acceptors (Lipinski definition) is 5. The summed E-state index contributed by atoms with van der Waals surface area (Å²) in [5.41, 5.74) is 1.56. The molecule has 0 saturated carbocycles. The van der Waals surface area contributed by atoms with Crippen molar-refractivity contribution in [3.63, 3.8) is 0 Å². The van der Waals surface area contributed by atoms with Crippen molar-refractivity contribution >= 4 is 9.84 Å². The molecule has 0 unspecified atom stereocenters. The Morgan fingerprint density at radius 2 is 1.76 bits per heavy atom. The van der Waals surface area contributed by atoms with Crippen LogP contribution in [-0.4, -0.2) is 38.9 Å². The standard InChI is InChI=1S/C18H22N2O4S/c1-12-11-16(24-14-7-9-19-10-8-14)17(18(21)20-12)13-3-5-15(6-4-13)25(2,22)23/h3-6,11,14,19H,7-10H2,1-2H3,(H,20,21). The summed E-state index contributed by atoms with van der Waals surface area (Å²) in [5, 5.41) is 3.29. The molecular formula is C18H22N2O4S. The second-order valence-corrected chi connectivity index (χ2v) is 8.40. The summed E-state index contributed by atoms with van der Waals surface area (Å²) in [4.78, 5) is 15.5. The molecule has 1 aliphatic heterocycles. The number of aromatic amines is 1. The van der Waals surface area contributed by atoms with Crippen LogP contribution < -0.4 is 15.6 Å². The van der Waals surface area contributed by atoms with E-state index in [1.54, 1.807) is 12.1 Å². The highest BCUT2D eigenvalue weighted by Crippen LogP contribution is 2.29. The third kappa shape index (κ3) is 4.11. The Morgan fingerprint density at radius 1 is 1.12 bits per heavy atom. The molecule has 134 valence electrons. The number of pyridine rings is 1. The van der Waals surface area contributed by atoms with Crippen LogP contribution in [0.1, 0.15) is 18.5 Å². The maximum Gasteiger partial charge on any atom is 0.259 e. The Kier molecular flexibility index (Phi) is 4.96. The Morgan fingerprint density at radius 3 is 2.36 bits per heavy atom. The van der Waals surface area contributed by atoms with Crippen LogP contribution >= 0.6 is 0 Å². The molecule has 2 aromatic rings. The molecule has 2 heterocycles. The molecule has 0 atom stereocenters. The van der Waals surface area contributed by atoms with E-state index in [2.05, 4.69) is 10.3 Å². The molecule has 0 bridgehead atoms. The van der Waals surface area contributed by atoms with Gasteiger partial charge in [-0.25, -0.2) is 8.42 Å². The average Bonchev–Trinajstić information content (AvgIpc) is 2.55. The fourth-order valence-electron chi connectivity index (χ4n) is 2.99. The van der Waals surface area contributed by atoms with Gasteiger partial charge in [-0.3, -0.25) is 4.79 Å². The van der Waals surface area contributed by atoms with Gasteiger partial charge < -0.3 is 15.0 Å². The van der Waals surface area contributed by atoms with Gasteiger partial charge in [0, 0.05) is 18.0 Å². The highest BCUT2D eigenvalue weighted by atomic mass is 32.2. The second kappa shape index (κ2) is 7.01. The number of benzene rings is 1. The zero-order valence-electron chi connectivity index (χ0n) is 14.3. The fourth-order valence-corrected chi connectivity index (χ4v) is 3.62. The lowest BCUT2D eigenvalue weighted by Crippen LogP contribution is -2.34. The Balaban J connectivity index is 2.01. The lowest BCUT2D eigenvalue weighted by atomic mass is 10.1. The summed E-state index contributed by atoms with van der Waals surface area (Å²) in [6.07, 6.45) is 3.00. The molecule has 1 aromatic heterocycles. The number of rotatable bonds is 4. The van der Waals surface area contributed by atoms with Gasteiger partial charge >= 0.3 is 0 Å². The monoisotopic (exact) mass is 362 g/mol. The first-order valence-electron chi connectivity index (χ1n) is 8.26. The van der Waals surface area contributed by atoms with Crippen molar-refractivity contribution in [3.05, 3.63) is 46.4 Å². The van der Waals surface area contributed by atoms with E-state index in [9.17, 15) is 13.2 Å². The first-order valence-corrected chi connectivity index (χ1v) is 10.2. The lowest BCUT2D eigenvalue weighted by molar-refractivity contribution is 0.163. The van der Waals surface area contributed by atoms with Crippen molar-refractivity contribution in [1.82, 2.24) is 10.3 Å². The summed E-state index contributed by atoms with van der Waals surface area (Å²) < 4.78 is 29.4. The molecule has 1 saturated heterocycles. The van der Waals surface area contributed by atoms with Gasteiger partial charge in [0.1, 0.15) is 11.9 Å². The van der Waals surface area contributed by atoms with E-state index in [0.29, 0.717) is 16.9 Å². The van der Waals surface area contributed by atoms with Crippen LogP contribution in [-0.2, 0) is 9.84 Å². The number of ether oxygens (including phenoxy) is 1. The summed E-state index contributed by atoms with van der Waals surface area (Å²) in [6, 6.07) is 8.14. The third-order valence-corrected chi connectivity index (χ3v) is 5.41. The van der Waals surface area contributed by atoms with E-state index in [-0.39, 0.29) is 16.6 Å². The summed E-state index contributed by atoms with van der Waals surface area (Å²) in [6.45, 7) is 3.60. The molecule has 3 rings (SSSR count). The maximum absolute atomic E-state index is 12.5. The predicted octanol–water partition coefficient (Wildman–Crippen LogP) is 1.88. The summed E-state index contributed by atoms with van der Waals surface area (Å²) >= 11 is 0. The zero-order chi connectivity index (χ0) is 18.0. The molecule has 1 fully saturated rings. The number of nitrogens with one attached hydrogen (secondary N) is 2. The van der Waals surface area contributed by atoms with Crippen molar-refractivity contribution in [1.29, 1.82) is 0 Å². The molecule has 1 aromatic carbocycles. The molecule has 0 aliphatic carbocycles. The van der Waals surface area contributed by atoms with Crippen LogP contribution in [0.2, 0.25) is 0 Å². The van der Waals surface area contributed by atoms with Gasteiger partial charge in [0.05, 0.1) is 10.5 Å². The van der Waals surface area contributed by atoms with Crippen molar-refractivity contribution in [3.8, 4) is 16.9 Å². The third-order valence-electron chi connectivity index (χ3n) is 4.28. The van der Waals surface area contributed by atoms with Gasteiger partial charge in [0.2, 0.25) is 0 Å². The zero-order valence-corrected chi connectivity index (χ0v) is 15.2. The highest BCUT2D eigenvalue weighted by molar-refractivity contribution is 7.90. The van der Waals surface area contributed by atoms with Crippen LogP contribution in [0.3, 0.4) is 0 Å². The van der Waals surface area contributed by atoms with E-state index in [4.69, 9.17) is 4.74 Å². The first kappa shape index (κ1) is 17.7. The van der Waals surface area contributed by atoms with Gasteiger partial charge in [-0.05, 0) is 50.6 Å². The minimum absolute atomic E-state index is 0.0662.